The third-order valence-corrected chi connectivity index (χ3v) is 4.67. The number of rotatable bonds is 6. The van der Waals surface area contributed by atoms with E-state index in [4.69, 9.17) is 4.42 Å². The van der Waals surface area contributed by atoms with Gasteiger partial charge >= 0.3 is 0 Å². The van der Waals surface area contributed by atoms with Crippen LogP contribution in [0.4, 0.5) is 0 Å². The maximum Gasteiger partial charge on any atom is 0.276 e. The number of aldehydes is 1. The van der Waals surface area contributed by atoms with E-state index in [2.05, 4.69) is 0 Å². The van der Waals surface area contributed by atoms with Crippen LogP contribution in [-0.2, 0) is 16.4 Å². The summed E-state index contributed by atoms with van der Waals surface area (Å²) in [6.45, 7) is 0.337. The molecule has 0 atom stereocenters. The van der Waals surface area contributed by atoms with Crippen LogP contribution in [0.15, 0.2) is 52.0 Å². The molecule has 0 radical (unpaired) electrons. The average Bonchev–Trinajstić information content (AvgIpc) is 2.95. The van der Waals surface area contributed by atoms with Crippen molar-refractivity contribution in [2.24, 2.45) is 0 Å². The molecule has 0 saturated carbocycles. The topological polar surface area (TPSA) is 67.6 Å². The third kappa shape index (κ3) is 3.15. The highest BCUT2D eigenvalue weighted by Gasteiger charge is 2.24. The first kappa shape index (κ1) is 14.5. The van der Waals surface area contributed by atoms with Gasteiger partial charge in [-0.2, -0.15) is 4.31 Å². The van der Waals surface area contributed by atoms with Crippen molar-refractivity contribution < 1.29 is 17.6 Å². The van der Waals surface area contributed by atoms with E-state index in [9.17, 15) is 13.2 Å². The summed E-state index contributed by atoms with van der Waals surface area (Å²) in [5, 5.41) is -0.213. The van der Waals surface area contributed by atoms with Crippen molar-refractivity contribution in [1.29, 1.82) is 0 Å². The van der Waals surface area contributed by atoms with Crippen LogP contribution in [0.5, 0.6) is 0 Å². The molecule has 5 nitrogen and oxygen atoms in total. The van der Waals surface area contributed by atoms with Gasteiger partial charge in [-0.1, -0.05) is 30.3 Å². The van der Waals surface area contributed by atoms with Crippen LogP contribution in [0, 0.1) is 0 Å². The lowest BCUT2D eigenvalue weighted by molar-refractivity contribution is 0.109. The number of likely N-dealkylation sites (N-methyl/N-ethyl adjacent to an activating group) is 1. The van der Waals surface area contributed by atoms with Gasteiger partial charge in [-0.25, -0.2) is 8.42 Å². The fourth-order valence-electron chi connectivity index (χ4n) is 1.74. The lowest BCUT2D eigenvalue weighted by Gasteiger charge is -2.15. The Morgan fingerprint density at radius 3 is 2.45 bits per heavy atom. The zero-order valence-electron chi connectivity index (χ0n) is 11.0. The summed E-state index contributed by atoms with van der Waals surface area (Å²) in [7, 11) is -2.20. The summed E-state index contributed by atoms with van der Waals surface area (Å²) >= 11 is 0. The minimum absolute atomic E-state index is 0.0000318. The van der Waals surface area contributed by atoms with E-state index in [1.807, 2.05) is 30.3 Å². The molecule has 0 amide bonds. The molecule has 0 aliphatic heterocycles. The number of sulfonamides is 1. The van der Waals surface area contributed by atoms with E-state index < -0.39 is 10.0 Å². The molecule has 0 N–H and O–H groups in total. The summed E-state index contributed by atoms with van der Waals surface area (Å²) in [5.74, 6) is 0.0000318. The molecule has 1 aromatic heterocycles. The van der Waals surface area contributed by atoms with Gasteiger partial charge in [0, 0.05) is 13.6 Å². The van der Waals surface area contributed by atoms with Crippen LogP contribution in [0.25, 0.3) is 0 Å². The van der Waals surface area contributed by atoms with Crippen molar-refractivity contribution in [3.8, 4) is 0 Å². The van der Waals surface area contributed by atoms with Gasteiger partial charge in [-0.05, 0) is 24.1 Å². The number of carbonyl (C=O) groups is 1. The van der Waals surface area contributed by atoms with Crippen LogP contribution in [0.1, 0.15) is 16.1 Å². The summed E-state index contributed by atoms with van der Waals surface area (Å²) in [6, 6.07) is 12.2. The van der Waals surface area contributed by atoms with Gasteiger partial charge in [0.15, 0.2) is 12.0 Å². The van der Waals surface area contributed by atoms with Gasteiger partial charge in [0.2, 0.25) is 5.09 Å². The smallest absolute Gasteiger partial charge is 0.276 e. The summed E-state index contributed by atoms with van der Waals surface area (Å²) < 4.78 is 30.6. The number of hydrogen-bond donors (Lipinski definition) is 0. The van der Waals surface area contributed by atoms with Crippen molar-refractivity contribution in [1.82, 2.24) is 4.31 Å². The molecule has 0 fully saturated rings. The normalized spacial score (nSPS) is 11.7. The maximum atomic E-state index is 12.2. The van der Waals surface area contributed by atoms with Crippen molar-refractivity contribution >= 4 is 16.3 Å². The molecule has 2 aromatic rings. The second-order valence-electron chi connectivity index (χ2n) is 4.34. The highest BCUT2D eigenvalue weighted by molar-refractivity contribution is 7.89. The van der Waals surface area contributed by atoms with Crippen molar-refractivity contribution in [2.75, 3.05) is 13.6 Å². The van der Waals surface area contributed by atoms with Gasteiger partial charge in [0.1, 0.15) is 0 Å². The minimum Gasteiger partial charge on any atom is -0.440 e. The number of hydrogen-bond acceptors (Lipinski definition) is 4. The van der Waals surface area contributed by atoms with Crippen molar-refractivity contribution in [3.63, 3.8) is 0 Å². The standard InChI is InChI=1S/C14H15NO4S/c1-15(10-9-12-5-3-2-4-6-12)20(17,18)14-8-7-13(11-16)19-14/h2-8,11H,9-10H2,1H3. The molecule has 0 aliphatic rings. The molecule has 0 spiro atoms. The highest BCUT2D eigenvalue weighted by atomic mass is 32.2. The van der Waals surface area contributed by atoms with Gasteiger partial charge in [0.05, 0.1) is 0 Å². The summed E-state index contributed by atoms with van der Waals surface area (Å²) in [6.07, 6.45) is 1.08. The Morgan fingerprint density at radius 1 is 1.15 bits per heavy atom. The summed E-state index contributed by atoms with van der Waals surface area (Å²) in [5.41, 5.74) is 1.06. The largest absolute Gasteiger partial charge is 0.440 e. The Hall–Kier alpha value is -1.92. The first-order valence-electron chi connectivity index (χ1n) is 6.09. The molecule has 0 bridgehead atoms. The first-order chi connectivity index (χ1) is 9.54. The SMILES string of the molecule is CN(CCc1ccccc1)S(=O)(=O)c1ccc(C=O)o1. The molecule has 106 valence electrons. The molecule has 2 rings (SSSR count). The van der Waals surface area contributed by atoms with E-state index in [0.717, 1.165) is 5.56 Å². The van der Waals surface area contributed by atoms with E-state index in [1.165, 1.54) is 23.5 Å². The Bertz CT molecular complexity index is 676. The third-order valence-electron chi connectivity index (χ3n) is 2.94. The van der Waals surface area contributed by atoms with Crippen LogP contribution < -0.4 is 0 Å². The van der Waals surface area contributed by atoms with Crippen LogP contribution in [0.3, 0.4) is 0 Å². The molecule has 0 unspecified atom stereocenters. The zero-order valence-corrected chi connectivity index (χ0v) is 11.8. The average molecular weight is 293 g/mol. The molecule has 20 heavy (non-hydrogen) atoms. The summed E-state index contributed by atoms with van der Waals surface area (Å²) in [4.78, 5) is 10.5. The zero-order chi connectivity index (χ0) is 14.6. The molecule has 6 heteroatoms. The lowest BCUT2D eigenvalue weighted by Crippen LogP contribution is -2.28. The van der Waals surface area contributed by atoms with Gasteiger partial charge in [-0.15, -0.1) is 0 Å². The minimum atomic E-state index is -3.69. The molecule has 1 aromatic carbocycles. The fraction of sp³-hybridized carbons (Fsp3) is 0.214. The molecule has 1 heterocycles. The monoisotopic (exact) mass is 293 g/mol. The van der Waals surface area contributed by atoms with E-state index >= 15 is 0 Å². The highest BCUT2D eigenvalue weighted by Crippen LogP contribution is 2.17. The Labute approximate surface area is 117 Å². The molecule has 0 saturated heterocycles. The maximum absolute atomic E-state index is 12.2. The van der Waals surface area contributed by atoms with Gasteiger partial charge < -0.3 is 4.42 Å². The van der Waals surface area contributed by atoms with Gasteiger partial charge in [-0.3, -0.25) is 4.79 Å². The molecule has 0 aliphatic carbocycles. The van der Waals surface area contributed by atoms with Crippen LogP contribution in [0.2, 0.25) is 0 Å². The quantitative estimate of drug-likeness (QED) is 0.763. The predicted octanol–water partition coefficient (Wildman–Crippen LogP) is 1.96. The van der Waals surface area contributed by atoms with Crippen molar-refractivity contribution in [2.45, 2.75) is 11.5 Å². The van der Waals surface area contributed by atoms with E-state index in [1.54, 1.807) is 0 Å². The molecular weight excluding hydrogens is 278 g/mol. The first-order valence-corrected chi connectivity index (χ1v) is 7.53. The second kappa shape index (κ2) is 6.02. The lowest BCUT2D eigenvalue weighted by atomic mass is 10.2. The van der Waals surface area contributed by atoms with Crippen LogP contribution >= 0.6 is 0 Å². The number of benzene rings is 1. The number of furan rings is 1. The van der Waals surface area contributed by atoms with Crippen molar-refractivity contribution in [3.05, 3.63) is 53.8 Å². The fourth-order valence-corrected chi connectivity index (χ4v) is 2.82. The Balaban J connectivity index is 2.07. The van der Waals surface area contributed by atoms with Crippen LogP contribution in [-0.4, -0.2) is 32.6 Å². The Morgan fingerprint density at radius 2 is 1.85 bits per heavy atom. The molecular formula is C14H15NO4S. The van der Waals surface area contributed by atoms with E-state index in [-0.39, 0.29) is 10.9 Å². The van der Waals surface area contributed by atoms with E-state index in [0.29, 0.717) is 19.3 Å². The number of carbonyl (C=O) groups excluding carboxylic acids is 1. The predicted molar refractivity (Wildman–Crippen MR) is 74.1 cm³/mol. The van der Waals surface area contributed by atoms with Gasteiger partial charge in [0.25, 0.3) is 10.0 Å². The second-order valence-corrected chi connectivity index (χ2v) is 6.31. The number of nitrogens with zero attached hydrogens (tertiary/aromatic N) is 1. The Kier molecular flexibility index (Phi) is 4.36.